The number of hydrogen-bond acceptors (Lipinski definition) is 3. The largest absolute Gasteiger partial charge is 0.453 e. The number of nitrogens with one attached hydrogen (secondary N) is 1. The molecule has 4 nitrogen and oxygen atoms in total. The Kier molecular flexibility index (Phi) is 3.89. The van der Waals surface area contributed by atoms with Crippen LogP contribution in [0.5, 0.6) is 11.5 Å². The Hall–Kier alpha value is -2.56. The summed E-state index contributed by atoms with van der Waals surface area (Å²) in [6, 6.07) is 9.44. The Bertz CT molecular complexity index is 656. The fraction of sp³-hybridized carbons (Fsp3) is 0.133. The number of hydrogen-bond donors (Lipinski definition) is 2. The predicted molar refractivity (Wildman–Crippen MR) is 75.5 cm³/mol. The van der Waals surface area contributed by atoms with Gasteiger partial charge in [-0.15, -0.1) is 0 Å². The molecule has 0 aliphatic heterocycles. The second-order valence-corrected chi connectivity index (χ2v) is 4.32. The molecule has 1 amide bonds. The van der Waals surface area contributed by atoms with Crippen LogP contribution in [0.1, 0.15) is 15.9 Å². The molecule has 3 N–H and O–H groups in total. The maximum Gasteiger partial charge on any atom is 0.254 e. The maximum atomic E-state index is 13.9. The summed E-state index contributed by atoms with van der Waals surface area (Å²) in [7, 11) is 1.51. The van der Waals surface area contributed by atoms with Gasteiger partial charge in [-0.3, -0.25) is 4.79 Å². The van der Waals surface area contributed by atoms with E-state index in [0.717, 1.165) is 0 Å². The Morgan fingerprint density at radius 2 is 2.00 bits per heavy atom. The summed E-state index contributed by atoms with van der Waals surface area (Å²) in [5.74, 6) is -0.513. The van der Waals surface area contributed by atoms with Gasteiger partial charge >= 0.3 is 0 Å². The third-order valence-electron chi connectivity index (χ3n) is 2.85. The molecule has 2 aromatic rings. The number of nitrogens with two attached hydrogens (primary N) is 1. The van der Waals surface area contributed by atoms with Gasteiger partial charge in [0.05, 0.1) is 5.56 Å². The second-order valence-electron chi connectivity index (χ2n) is 4.32. The summed E-state index contributed by atoms with van der Waals surface area (Å²) in [6.45, 7) is 1.64. The van der Waals surface area contributed by atoms with E-state index in [1.807, 2.05) is 0 Å². The van der Waals surface area contributed by atoms with Gasteiger partial charge in [0.2, 0.25) is 0 Å². The zero-order chi connectivity index (χ0) is 14.7. The van der Waals surface area contributed by atoms with Crippen LogP contribution in [0.4, 0.5) is 10.1 Å². The molecule has 0 bridgehead atoms. The average Bonchev–Trinajstić information content (AvgIpc) is 2.43. The minimum atomic E-state index is -0.460. The number of halogens is 1. The van der Waals surface area contributed by atoms with Crippen molar-refractivity contribution in [2.24, 2.45) is 0 Å². The fourth-order valence-electron chi connectivity index (χ4n) is 1.76. The van der Waals surface area contributed by atoms with Crippen LogP contribution in [0.3, 0.4) is 0 Å². The van der Waals surface area contributed by atoms with Gasteiger partial charge in [-0.05, 0) is 30.7 Å². The van der Waals surface area contributed by atoms with Crippen molar-refractivity contribution in [1.29, 1.82) is 0 Å². The van der Waals surface area contributed by atoms with Gasteiger partial charge in [0.25, 0.3) is 5.91 Å². The minimum absolute atomic E-state index is 0.0563. The SMILES string of the molecule is CNC(=O)c1ccc(N)cc1Oc1cccc(C)c1F. The summed E-state index contributed by atoms with van der Waals surface area (Å²) in [5.41, 5.74) is 6.88. The molecule has 0 unspecified atom stereocenters. The van der Waals surface area contributed by atoms with Crippen LogP contribution in [0, 0.1) is 12.7 Å². The molecule has 0 heterocycles. The van der Waals surface area contributed by atoms with Crippen molar-refractivity contribution in [2.75, 3.05) is 12.8 Å². The second kappa shape index (κ2) is 5.61. The molecule has 0 spiro atoms. The average molecular weight is 274 g/mol. The Morgan fingerprint density at radius 1 is 1.25 bits per heavy atom. The van der Waals surface area contributed by atoms with Gasteiger partial charge in [0.1, 0.15) is 5.75 Å². The van der Waals surface area contributed by atoms with Gasteiger partial charge in [-0.2, -0.15) is 0 Å². The number of aryl methyl sites for hydroxylation is 1. The van der Waals surface area contributed by atoms with E-state index in [9.17, 15) is 9.18 Å². The molecule has 0 saturated carbocycles. The monoisotopic (exact) mass is 274 g/mol. The number of ether oxygens (including phenoxy) is 1. The molecule has 0 aliphatic rings. The zero-order valence-corrected chi connectivity index (χ0v) is 11.2. The van der Waals surface area contributed by atoms with Crippen LogP contribution in [0.15, 0.2) is 36.4 Å². The molecule has 20 heavy (non-hydrogen) atoms. The van der Waals surface area contributed by atoms with E-state index in [4.69, 9.17) is 10.5 Å². The highest BCUT2D eigenvalue weighted by molar-refractivity contribution is 5.97. The topological polar surface area (TPSA) is 64.4 Å². The summed E-state index contributed by atoms with van der Waals surface area (Å²) in [6.07, 6.45) is 0. The lowest BCUT2D eigenvalue weighted by Crippen LogP contribution is -2.18. The van der Waals surface area contributed by atoms with Crippen molar-refractivity contribution in [3.63, 3.8) is 0 Å². The van der Waals surface area contributed by atoms with E-state index in [1.54, 1.807) is 25.1 Å². The summed E-state index contributed by atoms with van der Waals surface area (Å²) < 4.78 is 19.5. The third-order valence-corrected chi connectivity index (χ3v) is 2.85. The fourth-order valence-corrected chi connectivity index (χ4v) is 1.76. The van der Waals surface area contributed by atoms with Gasteiger partial charge in [-0.25, -0.2) is 4.39 Å². The van der Waals surface area contributed by atoms with Crippen LogP contribution in [0.2, 0.25) is 0 Å². The summed E-state index contributed by atoms with van der Waals surface area (Å²) in [4.78, 5) is 11.8. The highest BCUT2D eigenvalue weighted by Crippen LogP contribution is 2.30. The number of carbonyl (C=O) groups excluding carboxylic acids is 1. The molecular formula is C15H15FN2O2. The molecular weight excluding hydrogens is 259 g/mol. The van der Waals surface area contributed by atoms with Crippen molar-refractivity contribution < 1.29 is 13.9 Å². The normalized spacial score (nSPS) is 10.2. The molecule has 104 valence electrons. The van der Waals surface area contributed by atoms with Crippen molar-refractivity contribution in [3.05, 3.63) is 53.3 Å². The van der Waals surface area contributed by atoms with Gasteiger partial charge in [-0.1, -0.05) is 12.1 Å². The number of nitrogen functional groups attached to an aromatic ring is 1. The highest BCUT2D eigenvalue weighted by Gasteiger charge is 2.14. The first-order chi connectivity index (χ1) is 9.52. The molecule has 5 heteroatoms. The maximum absolute atomic E-state index is 13.9. The zero-order valence-electron chi connectivity index (χ0n) is 11.2. The Morgan fingerprint density at radius 3 is 2.70 bits per heavy atom. The van der Waals surface area contributed by atoms with Crippen LogP contribution in [-0.4, -0.2) is 13.0 Å². The quantitative estimate of drug-likeness (QED) is 0.846. The van der Waals surface area contributed by atoms with E-state index >= 15 is 0 Å². The van der Waals surface area contributed by atoms with E-state index < -0.39 is 5.82 Å². The first-order valence-electron chi connectivity index (χ1n) is 6.07. The van der Waals surface area contributed by atoms with Crippen LogP contribution in [-0.2, 0) is 0 Å². The molecule has 2 rings (SSSR count). The number of anilines is 1. The van der Waals surface area contributed by atoms with Crippen molar-refractivity contribution >= 4 is 11.6 Å². The smallest absolute Gasteiger partial charge is 0.254 e. The first-order valence-corrected chi connectivity index (χ1v) is 6.07. The molecule has 0 atom stereocenters. The molecule has 0 fully saturated rings. The molecule has 2 aromatic carbocycles. The Balaban J connectivity index is 2.44. The molecule has 0 aromatic heterocycles. The highest BCUT2D eigenvalue weighted by atomic mass is 19.1. The molecule has 0 aliphatic carbocycles. The summed E-state index contributed by atoms with van der Waals surface area (Å²) in [5, 5.41) is 2.50. The predicted octanol–water partition coefficient (Wildman–Crippen LogP) is 2.87. The number of rotatable bonds is 3. The van der Waals surface area contributed by atoms with Gasteiger partial charge < -0.3 is 15.8 Å². The van der Waals surface area contributed by atoms with E-state index in [2.05, 4.69) is 5.32 Å². The lowest BCUT2D eigenvalue weighted by Gasteiger charge is -2.12. The lowest BCUT2D eigenvalue weighted by atomic mass is 10.1. The van der Waals surface area contributed by atoms with E-state index in [1.165, 1.54) is 25.2 Å². The standard InChI is InChI=1S/C15H15FN2O2/c1-9-4-3-5-12(14(9)16)20-13-8-10(17)6-7-11(13)15(19)18-2/h3-8H,17H2,1-2H3,(H,18,19). The van der Waals surface area contributed by atoms with Crippen molar-refractivity contribution in [2.45, 2.75) is 6.92 Å². The Labute approximate surface area is 116 Å². The third kappa shape index (κ3) is 2.71. The van der Waals surface area contributed by atoms with Gasteiger partial charge in [0, 0.05) is 18.8 Å². The number of amides is 1. The van der Waals surface area contributed by atoms with Crippen LogP contribution in [0.25, 0.3) is 0 Å². The van der Waals surface area contributed by atoms with Crippen LogP contribution < -0.4 is 15.8 Å². The lowest BCUT2D eigenvalue weighted by molar-refractivity contribution is 0.0960. The van der Waals surface area contributed by atoms with E-state index in [0.29, 0.717) is 16.8 Å². The van der Waals surface area contributed by atoms with Gasteiger partial charge in [0.15, 0.2) is 11.6 Å². The molecule has 0 radical (unpaired) electrons. The summed E-state index contributed by atoms with van der Waals surface area (Å²) >= 11 is 0. The van der Waals surface area contributed by atoms with Crippen molar-refractivity contribution in [3.8, 4) is 11.5 Å². The number of carbonyl (C=O) groups is 1. The molecule has 0 saturated heterocycles. The minimum Gasteiger partial charge on any atom is -0.453 e. The first kappa shape index (κ1) is 13.9. The van der Waals surface area contributed by atoms with Crippen LogP contribution >= 0.6 is 0 Å². The number of benzene rings is 2. The van der Waals surface area contributed by atoms with E-state index in [-0.39, 0.29) is 17.4 Å². The van der Waals surface area contributed by atoms with Crippen molar-refractivity contribution in [1.82, 2.24) is 5.32 Å².